The molecule has 1 saturated carbocycles. The lowest BCUT2D eigenvalue weighted by Gasteiger charge is -2.11. The first-order chi connectivity index (χ1) is 10.0. The fourth-order valence-corrected chi connectivity index (χ4v) is 2.03. The Morgan fingerprint density at radius 3 is 2.62 bits per heavy atom. The van der Waals surface area contributed by atoms with Gasteiger partial charge in [0.25, 0.3) is 5.91 Å². The molecule has 21 heavy (non-hydrogen) atoms. The van der Waals surface area contributed by atoms with Gasteiger partial charge in [-0.05, 0) is 18.9 Å². The molecule has 7 heteroatoms. The number of ether oxygens (including phenoxy) is 1. The van der Waals surface area contributed by atoms with E-state index in [1.807, 2.05) is 0 Å². The van der Waals surface area contributed by atoms with Gasteiger partial charge in [-0.2, -0.15) is 0 Å². The van der Waals surface area contributed by atoms with Crippen LogP contribution >= 0.6 is 11.6 Å². The van der Waals surface area contributed by atoms with Crippen LogP contribution in [0.2, 0.25) is 5.02 Å². The van der Waals surface area contributed by atoms with Crippen molar-refractivity contribution in [2.24, 2.45) is 5.92 Å². The van der Waals surface area contributed by atoms with Gasteiger partial charge in [0, 0.05) is 25.1 Å². The molecule has 0 aromatic heterocycles. The third-order valence-electron chi connectivity index (χ3n) is 3.22. The molecule has 0 unspecified atom stereocenters. The minimum absolute atomic E-state index is 0.0531. The highest BCUT2D eigenvalue weighted by Crippen LogP contribution is 2.29. The summed E-state index contributed by atoms with van der Waals surface area (Å²) in [4.78, 5) is 23.5. The fourth-order valence-electron chi connectivity index (χ4n) is 1.86. The Labute approximate surface area is 128 Å². The number of nitrogen functional groups attached to an aromatic ring is 1. The zero-order valence-corrected chi connectivity index (χ0v) is 12.5. The van der Waals surface area contributed by atoms with Crippen LogP contribution in [0.4, 0.5) is 5.69 Å². The van der Waals surface area contributed by atoms with Gasteiger partial charge in [0.1, 0.15) is 5.75 Å². The van der Waals surface area contributed by atoms with Crippen LogP contribution < -0.4 is 21.1 Å². The zero-order valence-electron chi connectivity index (χ0n) is 11.7. The number of rotatable bonds is 6. The minimum Gasteiger partial charge on any atom is -0.496 e. The molecule has 1 aliphatic rings. The van der Waals surface area contributed by atoms with Crippen molar-refractivity contribution in [2.45, 2.75) is 12.8 Å². The number of hydrogen-bond donors (Lipinski definition) is 3. The van der Waals surface area contributed by atoms with E-state index in [2.05, 4.69) is 10.6 Å². The Kier molecular flexibility index (Phi) is 4.90. The van der Waals surface area contributed by atoms with E-state index in [9.17, 15) is 9.59 Å². The molecular formula is C14H18ClN3O3. The summed E-state index contributed by atoms with van der Waals surface area (Å²) in [5.41, 5.74) is 6.32. The van der Waals surface area contributed by atoms with Crippen molar-refractivity contribution in [3.05, 3.63) is 22.7 Å². The SMILES string of the molecule is COc1cc(N)c(Cl)cc1C(=O)NCCNC(=O)C1CC1. The van der Waals surface area contributed by atoms with Crippen LogP contribution in [0.3, 0.4) is 0 Å². The molecule has 0 aliphatic heterocycles. The molecule has 114 valence electrons. The predicted octanol–water partition coefficient (Wildman–Crippen LogP) is 1.19. The molecule has 0 saturated heterocycles. The van der Waals surface area contributed by atoms with E-state index in [1.165, 1.54) is 19.2 Å². The molecule has 2 rings (SSSR count). The lowest BCUT2D eigenvalue weighted by atomic mass is 10.1. The number of nitrogens with two attached hydrogens (primary N) is 1. The van der Waals surface area contributed by atoms with E-state index in [-0.39, 0.29) is 17.7 Å². The summed E-state index contributed by atoms with van der Waals surface area (Å²) in [5.74, 6) is 0.250. The number of anilines is 1. The van der Waals surface area contributed by atoms with Crippen molar-refractivity contribution in [2.75, 3.05) is 25.9 Å². The number of methoxy groups -OCH3 is 1. The molecule has 4 N–H and O–H groups in total. The highest BCUT2D eigenvalue weighted by Gasteiger charge is 2.29. The second-order valence-electron chi connectivity index (χ2n) is 4.90. The van der Waals surface area contributed by atoms with Gasteiger partial charge in [0.05, 0.1) is 23.4 Å². The number of benzene rings is 1. The average molecular weight is 312 g/mol. The number of carbonyl (C=O) groups is 2. The maximum Gasteiger partial charge on any atom is 0.255 e. The van der Waals surface area contributed by atoms with E-state index >= 15 is 0 Å². The van der Waals surface area contributed by atoms with Gasteiger partial charge in [0.15, 0.2) is 0 Å². The summed E-state index contributed by atoms with van der Waals surface area (Å²) in [6.45, 7) is 0.731. The topological polar surface area (TPSA) is 93.4 Å². The summed E-state index contributed by atoms with van der Waals surface area (Å²) in [6.07, 6.45) is 1.92. The molecule has 0 radical (unpaired) electrons. The van der Waals surface area contributed by atoms with Crippen molar-refractivity contribution >= 4 is 29.1 Å². The summed E-state index contributed by atoms with van der Waals surface area (Å²) in [6, 6.07) is 2.97. The first-order valence-electron chi connectivity index (χ1n) is 6.72. The Balaban J connectivity index is 1.87. The molecule has 2 amide bonds. The molecule has 6 nitrogen and oxygen atoms in total. The average Bonchev–Trinajstić information content (AvgIpc) is 3.30. The lowest BCUT2D eigenvalue weighted by Crippen LogP contribution is -2.35. The molecule has 1 aromatic carbocycles. The van der Waals surface area contributed by atoms with Crippen LogP contribution in [0.5, 0.6) is 5.75 Å². The summed E-state index contributed by atoms with van der Waals surface area (Å²) >= 11 is 5.91. The van der Waals surface area contributed by atoms with Gasteiger partial charge in [-0.15, -0.1) is 0 Å². The van der Waals surface area contributed by atoms with Gasteiger partial charge in [-0.1, -0.05) is 11.6 Å². The number of amides is 2. The standard InChI is InChI=1S/C14H18ClN3O3/c1-21-12-7-11(16)10(15)6-9(12)14(20)18-5-4-17-13(19)8-2-3-8/h6-8H,2-5,16H2,1H3,(H,17,19)(H,18,20). The minimum atomic E-state index is -0.325. The maximum absolute atomic E-state index is 12.1. The molecule has 1 aromatic rings. The summed E-state index contributed by atoms with van der Waals surface area (Å²) < 4.78 is 5.12. The third kappa shape index (κ3) is 4.01. The molecule has 0 heterocycles. The normalized spacial score (nSPS) is 13.6. The van der Waals surface area contributed by atoms with Crippen LogP contribution in [-0.2, 0) is 4.79 Å². The second-order valence-corrected chi connectivity index (χ2v) is 5.30. The van der Waals surface area contributed by atoms with E-state index < -0.39 is 0 Å². The highest BCUT2D eigenvalue weighted by atomic mass is 35.5. The first kappa shape index (κ1) is 15.4. The summed E-state index contributed by atoms with van der Waals surface area (Å²) in [7, 11) is 1.45. The van der Waals surface area contributed by atoms with Crippen molar-refractivity contribution in [3.8, 4) is 5.75 Å². The van der Waals surface area contributed by atoms with Crippen LogP contribution in [0.1, 0.15) is 23.2 Å². The van der Waals surface area contributed by atoms with Gasteiger partial charge in [-0.3, -0.25) is 9.59 Å². The fraction of sp³-hybridized carbons (Fsp3) is 0.429. The largest absolute Gasteiger partial charge is 0.496 e. The molecule has 1 fully saturated rings. The number of halogens is 1. The smallest absolute Gasteiger partial charge is 0.255 e. The van der Waals surface area contributed by atoms with Crippen LogP contribution in [0.15, 0.2) is 12.1 Å². The quantitative estimate of drug-likeness (QED) is 0.543. The van der Waals surface area contributed by atoms with E-state index in [1.54, 1.807) is 0 Å². The van der Waals surface area contributed by atoms with Crippen molar-refractivity contribution < 1.29 is 14.3 Å². The van der Waals surface area contributed by atoms with Crippen molar-refractivity contribution in [1.29, 1.82) is 0 Å². The van der Waals surface area contributed by atoms with Gasteiger partial charge >= 0.3 is 0 Å². The van der Waals surface area contributed by atoms with Crippen LogP contribution in [-0.4, -0.2) is 32.0 Å². The van der Waals surface area contributed by atoms with Crippen LogP contribution in [0.25, 0.3) is 0 Å². The van der Waals surface area contributed by atoms with Crippen LogP contribution in [0, 0.1) is 5.92 Å². The third-order valence-corrected chi connectivity index (χ3v) is 3.55. The number of nitrogens with one attached hydrogen (secondary N) is 2. The van der Waals surface area contributed by atoms with Gasteiger partial charge < -0.3 is 21.1 Å². The maximum atomic E-state index is 12.1. The van der Waals surface area contributed by atoms with Gasteiger partial charge in [-0.25, -0.2) is 0 Å². The molecule has 0 spiro atoms. The Hall–Kier alpha value is -1.95. The number of carbonyl (C=O) groups excluding carboxylic acids is 2. The zero-order chi connectivity index (χ0) is 15.4. The Morgan fingerprint density at radius 1 is 1.33 bits per heavy atom. The van der Waals surface area contributed by atoms with Gasteiger partial charge in [0.2, 0.25) is 5.91 Å². The highest BCUT2D eigenvalue weighted by molar-refractivity contribution is 6.33. The van der Waals surface area contributed by atoms with E-state index in [4.69, 9.17) is 22.1 Å². The Morgan fingerprint density at radius 2 is 2.00 bits per heavy atom. The predicted molar refractivity (Wildman–Crippen MR) is 80.5 cm³/mol. The molecule has 1 aliphatic carbocycles. The monoisotopic (exact) mass is 311 g/mol. The molecule has 0 atom stereocenters. The van der Waals surface area contributed by atoms with Crippen molar-refractivity contribution in [1.82, 2.24) is 10.6 Å². The second kappa shape index (κ2) is 6.67. The Bertz CT molecular complexity index is 559. The molecular weight excluding hydrogens is 294 g/mol. The lowest BCUT2D eigenvalue weighted by molar-refractivity contribution is -0.122. The number of hydrogen-bond acceptors (Lipinski definition) is 4. The first-order valence-corrected chi connectivity index (χ1v) is 7.09. The van der Waals surface area contributed by atoms with E-state index in [0.717, 1.165) is 12.8 Å². The van der Waals surface area contributed by atoms with E-state index in [0.29, 0.717) is 35.1 Å². The molecule has 0 bridgehead atoms. The summed E-state index contributed by atoms with van der Waals surface area (Å²) in [5, 5.41) is 5.77. The van der Waals surface area contributed by atoms with Crippen molar-refractivity contribution in [3.63, 3.8) is 0 Å².